The van der Waals surface area contributed by atoms with E-state index in [1.165, 1.54) is 12.1 Å². The van der Waals surface area contributed by atoms with Crippen molar-refractivity contribution < 1.29 is 22.7 Å². The maximum atomic E-state index is 12.8. The number of hydrogen-bond donors (Lipinski definition) is 2. The van der Waals surface area contributed by atoms with Crippen LogP contribution < -0.4 is 10.1 Å². The summed E-state index contributed by atoms with van der Waals surface area (Å²) in [6.45, 7) is 0. The highest BCUT2D eigenvalue weighted by Gasteiger charge is 2.35. The van der Waals surface area contributed by atoms with Gasteiger partial charge in [0.2, 0.25) is 0 Å². The van der Waals surface area contributed by atoms with Crippen molar-refractivity contribution in [2.75, 3.05) is 13.2 Å². The van der Waals surface area contributed by atoms with Crippen LogP contribution >= 0.6 is 0 Å². The average Bonchev–Trinajstić information content (AvgIpc) is 3.00. The second-order valence-electron chi connectivity index (χ2n) is 5.79. The van der Waals surface area contributed by atoms with E-state index >= 15 is 0 Å². The molecule has 1 radical (unpaired) electrons. The van der Waals surface area contributed by atoms with E-state index in [-0.39, 0.29) is 5.75 Å². The molecular weight excluding hydrogens is 361 g/mol. The van der Waals surface area contributed by atoms with Crippen molar-refractivity contribution in [3.63, 3.8) is 0 Å². The molecule has 8 heteroatoms. The van der Waals surface area contributed by atoms with Gasteiger partial charge in [0, 0.05) is 23.4 Å². The van der Waals surface area contributed by atoms with E-state index in [0.29, 0.717) is 11.7 Å². The quantitative estimate of drug-likeness (QED) is 0.646. The maximum Gasteiger partial charge on any atom is 0.573 e. The van der Waals surface area contributed by atoms with Crippen molar-refractivity contribution in [3.05, 3.63) is 66.4 Å². The Morgan fingerprint density at radius 3 is 2.54 bits per heavy atom. The number of halogens is 3. The van der Waals surface area contributed by atoms with E-state index in [2.05, 4.69) is 10.1 Å². The first-order valence-corrected chi connectivity index (χ1v) is 9.73. The number of ether oxygens (including phenoxy) is 1. The summed E-state index contributed by atoms with van der Waals surface area (Å²) in [6.07, 6.45) is -2.71. The number of benzene rings is 2. The number of rotatable bonds is 6. The van der Waals surface area contributed by atoms with Gasteiger partial charge in [-0.2, -0.15) is 0 Å². The molecule has 0 saturated heterocycles. The Morgan fingerprint density at radius 2 is 1.81 bits per heavy atom. The van der Waals surface area contributed by atoms with E-state index < -0.39 is 21.1 Å². The highest BCUT2D eigenvalue weighted by atomic mass is 28.3. The average molecular weight is 379 g/mol. The molecule has 2 N–H and O–H groups in total. The molecule has 0 spiro atoms. The summed E-state index contributed by atoms with van der Waals surface area (Å²) in [7, 11) is -0.418. The van der Waals surface area contributed by atoms with Gasteiger partial charge in [-0.05, 0) is 30.6 Å². The van der Waals surface area contributed by atoms with E-state index in [1.54, 1.807) is 25.4 Å². The predicted octanol–water partition coefficient (Wildman–Crippen LogP) is 3.41. The molecule has 0 aliphatic heterocycles. The minimum absolute atomic E-state index is 0.296. The highest BCUT2D eigenvalue weighted by Crippen LogP contribution is 2.35. The molecule has 1 heterocycles. The number of alkyl halides is 3. The van der Waals surface area contributed by atoms with Crippen molar-refractivity contribution in [1.29, 1.82) is 0 Å². The number of fused-ring (bicyclic) bond motifs is 1. The second-order valence-corrected chi connectivity index (χ2v) is 7.67. The normalized spacial score (nSPS) is 13.3. The largest absolute Gasteiger partial charge is 0.573 e. The zero-order chi connectivity index (χ0) is 18.7. The molecule has 0 bridgehead atoms. The van der Waals surface area contributed by atoms with Gasteiger partial charge < -0.3 is 19.4 Å². The van der Waals surface area contributed by atoms with Crippen LogP contribution in [0.1, 0.15) is 11.2 Å². The van der Waals surface area contributed by atoms with E-state index in [9.17, 15) is 18.0 Å². The lowest BCUT2D eigenvalue weighted by Gasteiger charge is -2.26. The standard InChI is InChI=1S/C18H18F3N2O2Si/c1-22-12-26(24)17(23-11-10-13-6-2-4-8-15(13)23)14-7-3-5-9-16(14)25-18(19,20)21/h2-11,17,22,24H,12H2,1H3/t17-/m0/s1. The van der Waals surface area contributed by atoms with Gasteiger partial charge >= 0.3 is 6.36 Å². The topological polar surface area (TPSA) is 46.4 Å². The van der Waals surface area contributed by atoms with Gasteiger partial charge in [-0.3, -0.25) is 0 Å². The van der Waals surface area contributed by atoms with Crippen molar-refractivity contribution in [2.24, 2.45) is 0 Å². The van der Waals surface area contributed by atoms with Crippen LogP contribution in [0, 0.1) is 0 Å². The summed E-state index contributed by atoms with van der Waals surface area (Å²) in [6, 6.07) is 15.4. The molecular formula is C18H18F3N2O2Si. The van der Waals surface area contributed by atoms with Crippen molar-refractivity contribution >= 4 is 19.9 Å². The maximum absolute atomic E-state index is 12.8. The molecule has 3 rings (SSSR count). The zero-order valence-electron chi connectivity index (χ0n) is 14.0. The van der Waals surface area contributed by atoms with Crippen LogP contribution in [0.15, 0.2) is 60.8 Å². The lowest BCUT2D eigenvalue weighted by atomic mass is 10.2. The summed E-state index contributed by atoms with van der Waals surface area (Å²) < 4.78 is 44.5. The number of nitrogens with zero attached hydrogens (tertiary/aromatic N) is 1. The first-order valence-electron chi connectivity index (χ1n) is 8.00. The molecule has 0 saturated carbocycles. The van der Waals surface area contributed by atoms with Crippen LogP contribution in [-0.4, -0.2) is 38.0 Å². The Bertz CT molecular complexity index is 882. The minimum Gasteiger partial charge on any atom is -0.428 e. The highest BCUT2D eigenvalue weighted by molar-refractivity contribution is 6.52. The lowest BCUT2D eigenvalue weighted by molar-refractivity contribution is -0.274. The predicted molar refractivity (Wildman–Crippen MR) is 95.1 cm³/mol. The van der Waals surface area contributed by atoms with E-state index in [1.807, 2.05) is 34.9 Å². The Labute approximate surface area is 150 Å². The fourth-order valence-electron chi connectivity index (χ4n) is 3.02. The van der Waals surface area contributed by atoms with Gasteiger partial charge in [0.25, 0.3) is 9.04 Å². The van der Waals surface area contributed by atoms with E-state index in [0.717, 1.165) is 10.9 Å². The molecule has 0 fully saturated rings. The summed E-state index contributed by atoms with van der Waals surface area (Å²) >= 11 is 0. The van der Waals surface area contributed by atoms with Crippen molar-refractivity contribution in [1.82, 2.24) is 9.88 Å². The molecule has 1 aromatic heterocycles. The summed E-state index contributed by atoms with van der Waals surface area (Å²) in [5.74, 6) is -0.296. The molecule has 26 heavy (non-hydrogen) atoms. The van der Waals surface area contributed by atoms with Crippen LogP contribution in [-0.2, 0) is 0 Å². The third-order valence-corrected chi connectivity index (χ3v) is 5.96. The fourth-order valence-corrected chi connectivity index (χ4v) is 4.72. The van der Waals surface area contributed by atoms with Gasteiger partial charge in [-0.15, -0.1) is 13.2 Å². The zero-order valence-corrected chi connectivity index (χ0v) is 15.0. The Kier molecular flexibility index (Phi) is 5.35. The van der Waals surface area contributed by atoms with Gasteiger partial charge in [-0.1, -0.05) is 36.4 Å². The van der Waals surface area contributed by atoms with Crippen molar-refractivity contribution in [3.8, 4) is 5.75 Å². The molecule has 4 nitrogen and oxygen atoms in total. The molecule has 2 aromatic carbocycles. The fraction of sp³-hybridized carbons (Fsp3) is 0.222. The lowest BCUT2D eigenvalue weighted by Crippen LogP contribution is -2.38. The molecule has 0 aliphatic carbocycles. The Morgan fingerprint density at radius 1 is 1.12 bits per heavy atom. The van der Waals surface area contributed by atoms with Gasteiger partial charge in [0.1, 0.15) is 5.75 Å². The van der Waals surface area contributed by atoms with Crippen LogP contribution in [0.25, 0.3) is 10.9 Å². The number of para-hydroxylation sites is 2. The number of nitrogens with one attached hydrogen (secondary N) is 1. The molecule has 1 atom stereocenters. The first kappa shape index (κ1) is 18.5. The second kappa shape index (κ2) is 7.53. The Hall–Kier alpha value is -2.29. The summed E-state index contributed by atoms with van der Waals surface area (Å²) in [5.41, 5.74) is 0.496. The third kappa shape index (κ3) is 3.92. The van der Waals surface area contributed by atoms with Gasteiger partial charge in [-0.25, -0.2) is 0 Å². The van der Waals surface area contributed by atoms with Crippen LogP contribution in [0.2, 0.25) is 0 Å². The Balaban J connectivity index is 2.14. The molecule has 0 unspecified atom stereocenters. The SMILES string of the molecule is CNC[Si](O)[C@@H](c1ccccc1OC(F)(F)F)n1ccc2ccccc21. The molecule has 0 amide bonds. The van der Waals surface area contributed by atoms with Crippen LogP contribution in [0.3, 0.4) is 0 Å². The van der Waals surface area contributed by atoms with Gasteiger partial charge in [0.05, 0.1) is 5.67 Å². The molecule has 3 aromatic rings. The monoisotopic (exact) mass is 379 g/mol. The van der Waals surface area contributed by atoms with Crippen LogP contribution in [0.4, 0.5) is 13.2 Å². The van der Waals surface area contributed by atoms with E-state index in [4.69, 9.17) is 0 Å². The van der Waals surface area contributed by atoms with Crippen LogP contribution in [0.5, 0.6) is 5.75 Å². The summed E-state index contributed by atoms with van der Waals surface area (Å²) in [5, 5.41) is 3.86. The number of aromatic nitrogens is 1. The molecule has 137 valence electrons. The van der Waals surface area contributed by atoms with Gasteiger partial charge in [0.15, 0.2) is 0 Å². The summed E-state index contributed by atoms with van der Waals surface area (Å²) in [4.78, 5) is 10.8. The number of hydrogen-bond acceptors (Lipinski definition) is 3. The third-order valence-electron chi connectivity index (χ3n) is 4.02. The molecule has 0 aliphatic rings. The smallest absolute Gasteiger partial charge is 0.428 e. The minimum atomic E-state index is -4.80. The first-order chi connectivity index (χ1) is 12.4. The van der Waals surface area contributed by atoms with Crippen molar-refractivity contribution in [2.45, 2.75) is 12.0 Å².